The molecule has 1 aliphatic heterocycles. The van der Waals surface area contributed by atoms with Crippen LogP contribution < -0.4 is 19.8 Å². The molecule has 0 fully saturated rings. The largest absolute Gasteiger partial charge is 0.490 e. The van der Waals surface area contributed by atoms with Gasteiger partial charge >= 0.3 is 0 Å². The maximum absolute atomic E-state index is 13.8. The van der Waals surface area contributed by atoms with E-state index in [1.165, 1.54) is 11.1 Å². The molecule has 0 saturated carbocycles. The number of aromatic nitrogens is 1. The summed E-state index contributed by atoms with van der Waals surface area (Å²) in [6.45, 7) is 2.65. The number of carbonyl (C=O) groups excluding carboxylic acids is 1. The van der Waals surface area contributed by atoms with E-state index in [2.05, 4.69) is 4.98 Å². The molecule has 0 spiro atoms. The summed E-state index contributed by atoms with van der Waals surface area (Å²) in [5, 5.41) is 0.825. The number of anilines is 1. The van der Waals surface area contributed by atoms with E-state index in [1.807, 2.05) is 43.3 Å². The highest BCUT2D eigenvalue weighted by molar-refractivity contribution is 6.30. The van der Waals surface area contributed by atoms with Crippen LogP contribution in [0, 0.1) is 0 Å². The summed E-state index contributed by atoms with van der Waals surface area (Å²) in [5.74, 6) is 0.918. The highest BCUT2D eigenvalue weighted by Gasteiger charge is 2.44. The number of carbonyl (C=O) groups is 1. The average Bonchev–Trinajstić information content (AvgIpc) is 3.26. The van der Waals surface area contributed by atoms with Gasteiger partial charge in [0.1, 0.15) is 18.0 Å². The SMILES string of the molecule is CCOc1cc(C2c3c(oc4ccccc4c3=O)C(=O)N2c2ccc(Cl)cn2)ccc1OCc1ccccc1. The summed E-state index contributed by atoms with van der Waals surface area (Å²) in [7, 11) is 0. The molecular formula is C31H23ClN2O5. The first-order valence-electron chi connectivity index (χ1n) is 12.5. The van der Waals surface area contributed by atoms with Gasteiger partial charge in [-0.3, -0.25) is 14.5 Å². The monoisotopic (exact) mass is 538 g/mol. The van der Waals surface area contributed by atoms with Gasteiger partial charge in [-0.25, -0.2) is 4.98 Å². The van der Waals surface area contributed by atoms with Crippen LogP contribution >= 0.6 is 11.6 Å². The van der Waals surface area contributed by atoms with Crippen molar-refractivity contribution >= 4 is 34.3 Å². The van der Waals surface area contributed by atoms with Gasteiger partial charge in [0.25, 0.3) is 5.91 Å². The van der Waals surface area contributed by atoms with Crippen molar-refractivity contribution in [1.29, 1.82) is 0 Å². The van der Waals surface area contributed by atoms with Crippen LogP contribution in [0.2, 0.25) is 5.02 Å². The summed E-state index contributed by atoms with van der Waals surface area (Å²) in [5.41, 5.74) is 1.99. The van der Waals surface area contributed by atoms with Gasteiger partial charge in [0, 0.05) is 6.20 Å². The third kappa shape index (κ3) is 4.51. The van der Waals surface area contributed by atoms with E-state index in [0.29, 0.717) is 52.1 Å². The molecule has 1 aliphatic rings. The fourth-order valence-corrected chi connectivity index (χ4v) is 4.91. The lowest BCUT2D eigenvalue weighted by Gasteiger charge is -2.25. The van der Waals surface area contributed by atoms with Crippen molar-refractivity contribution in [2.75, 3.05) is 11.5 Å². The van der Waals surface area contributed by atoms with Gasteiger partial charge in [-0.1, -0.05) is 60.1 Å². The van der Waals surface area contributed by atoms with Gasteiger partial charge in [-0.2, -0.15) is 0 Å². The Balaban J connectivity index is 1.49. The molecule has 3 heterocycles. The maximum Gasteiger partial charge on any atom is 0.296 e. The third-order valence-corrected chi connectivity index (χ3v) is 6.78. The number of fused-ring (bicyclic) bond motifs is 2. The zero-order chi connectivity index (χ0) is 26.9. The van der Waals surface area contributed by atoms with Crippen LogP contribution in [-0.2, 0) is 6.61 Å². The lowest BCUT2D eigenvalue weighted by molar-refractivity contribution is 0.0970. The first-order valence-corrected chi connectivity index (χ1v) is 12.9. The molecule has 1 amide bonds. The molecule has 0 bridgehead atoms. The Hall–Kier alpha value is -4.62. The first-order chi connectivity index (χ1) is 19.0. The van der Waals surface area contributed by atoms with Crippen molar-refractivity contribution in [2.24, 2.45) is 0 Å². The molecule has 5 aromatic rings. The predicted molar refractivity (Wildman–Crippen MR) is 149 cm³/mol. The highest BCUT2D eigenvalue weighted by Crippen LogP contribution is 2.43. The molecule has 1 unspecified atom stereocenters. The van der Waals surface area contributed by atoms with Crippen molar-refractivity contribution < 1.29 is 18.7 Å². The molecule has 0 aliphatic carbocycles. The number of rotatable bonds is 7. The Morgan fingerprint density at radius 2 is 1.72 bits per heavy atom. The van der Waals surface area contributed by atoms with Crippen molar-refractivity contribution in [3.8, 4) is 11.5 Å². The molecule has 7 nitrogen and oxygen atoms in total. The quantitative estimate of drug-likeness (QED) is 0.233. The van der Waals surface area contributed by atoms with Crippen molar-refractivity contribution in [1.82, 2.24) is 4.98 Å². The zero-order valence-electron chi connectivity index (χ0n) is 21.0. The summed E-state index contributed by atoms with van der Waals surface area (Å²) in [6.07, 6.45) is 1.46. The Bertz CT molecular complexity index is 1730. The smallest absolute Gasteiger partial charge is 0.296 e. The third-order valence-electron chi connectivity index (χ3n) is 6.56. The topological polar surface area (TPSA) is 81.9 Å². The molecule has 8 heteroatoms. The number of pyridine rings is 1. The van der Waals surface area contributed by atoms with Crippen LogP contribution in [0.3, 0.4) is 0 Å². The standard InChI is InChI=1S/C31H23ClN2O5/c1-2-37-25-16-20(12-14-24(25)38-18-19-8-4-3-5-9-19)28-27-29(35)22-10-6-7-11-23(22)39-30(27)31(36)34(28)26-15-13-21(32)17-33-26/h3-17,28H,2,18H2,1H3. The zero-order valence-corrected chi connectivity index (χ0v) is 21.7. The molecule has 39 heavy (non-hydrogen) atoms. The van der Waals surface area contributed by atoms with Gasteiger partial charge in [-0.05, 0) is 54.4 Å². The van der Waals surface area contributed by atoms with Crippen molar-refractivity contribution in [3.05, 3.63) is 129 Å². The van der Waals surface area contributed by atoms with Crippen LogP contribution in [0.1, 0.15) is 40.2 Å². The normalized spacial score (nSPS) is 14.5. The molecular weight excluding hydrogens is 516 g/mol. The van der Waals surface area contributed by atoms with Crippen molar-refractivity contribution in [3.63, 3.8) is 0 Å². The average molecular weight is 539 g/mol. The van der Waals surface area contributed by atoms with Crippen LogP contribution in [0.5, 0.6) is 11.5 Å². The minimum Gasteiger partial charge on any atom is -0.490 e. The molecule has 0 N–H and O–H groups in total. The number of halogens is 1. The first kappa shape index (κ1) is 24.7. The fraction of sp³-hybridized carbons (Fsp3) is 0.129. The summed E-state index contributed by atoms with van der Waals surface area (Å²) < 4.78 is 18.0. The van der Waals surface area contributed by atoms with Crippen LogP contribution in [0.15, 0.2) is 100 Å². The fourth-order valence-electron chi connectivity index (χ4n) is 4.80. The number of nitrogens with zero attached hydrogens (tertiary/aromatic N) is 2. The van der Waals surface area contributed by atoms with Crippen LogP contribution in [-0.4, -0.2) is 17.5 Å². The molecule has 2 aromatic heterocycles. The van der Waals surface area contributed by atoms with Gasteiger partial charge < -0.3 is 13.9 Å². The van der Waals surface area contributed by atoms with Crippen molar-refractivity contribution in [2.45, 2.75) is 19.6 Å². The molecule has 3 aromatic carbocycles. The van der Waals surface area contributed by atoms with Gasteiger partial charge in [0.05, 0.1) is 28.6 Å². The summed E-state index contributed by atoms with van der Waals surface area (Å²) in [6, 6.07) is 24.6. The van der Waals surface area contributed by atoms with E-state index in [-0.39, 0.29) is 16.8 Å². The van der Waals surface area contributed by atoms with Crippen LogP contribution in [0.4, 0.5) is 5.82 Å². The number of hydrogen-bond acceptors (Lipinski definition) is 6. The second-order valence-corrected chi connectivity index (χ2v) is 9.43. The lowest BCUT2D eigenvalue weighted by Crippen LogP contribution is -2.30. The Labute approximate surface area is 229 Å². The number of hydrogen-bond donors (Lipinski definition) is 0. The summed E-state index contributed by atoms with van der Waals surface area (Å²) >= 11 is 6.08. The van der Waals surface area contributed by atoms with E-state index in [0.717, 1.165) is 5.56 Å². The highest BCUT2D eigenvalue weighted by atomic mass is 35.5. The van der Waals surface area contributed by atoms with E-state index in [4.69, 9.17) is 25.5 Å². The van der Waals surface area contributed by atoms with Gasteiger partial charge in [0.15, 0.2) is 16.9 Å². The number of para-hydroxylation sites is 1. The molecule has 6 rings (SSSR count). The number of ether oxygens (including phenoxy) is 2. The van der Waals surface area contributed by atoms with E-state index >= 15 is 0 Å². The number of amides is 1. The Morgan fingerprint density at radius 1 is 0.923 bits per heavy atom. The minimum absolute atomic E-state index is 0.0113. The van der Waals surface area contributed by atoms with E-state index < -0.39 is 11.9 Å². The Morgan fingerprint density at radius 3 is 2.49 bits per heavy atom. The van der Waals surface area contributed by atoms with E-state index in [9.17, 15) is 9.59 Å². The Kier molecular flexibility index (Phi) is 6.50. The molecule has 0 saturated heterocycles. The molecule has 1 atom stereocenters. The lowest BCUT2D eigenvalue weighted by atomic mass is 9.98. The van der Waals surface area contributed by atoms with Gasteiger partial charge in [0.2, 0.25) is 5.76 Å². The minimum atomic E-state index is -0.801. The van der Waals surface area contributed by atoms with Gasteiger partial charge in [-0.15, -0.1) is 0 Å². The van der Waals surface area contributed by atoms with Crippen LogP contribution in [0.25, 0.3) is 11.0 Å². The molecule has 0 radical (unpaired) electrons. The summed E-state index contributed by atoms with van der Waals surface area (Å²) in [4.78, 5) is 33.4. The second-order valence-electron chi connectivity index (χ2n) is 9.00. The predicted octanol–water partition coefficient (Wildman–Crippen LogP) is 6.57. The van der Waals surface area contributed by atoms with E-state index in [1.54, 1.807) is 48.5 Å². The maximum atomic E-state index is 13.8. The number of benzene rings is 3. The second kappa shape index (κ2) is 10.3. The molecule has 194 valence electrons.